The number of benzene rings is 2. The molecule has 0 heterocycles. The first-order chi connectivity index (χ1) is 10.5. The average Bonchev–Trinajstić information content (AvgIpc) is 2.48. The summed E-state index contributed by atoms with van der Waals surface area (Å²) >= 11 is 0. The van der Waals surface area contributed by atoms with E-state index in [-0.39, 0.29) is 0 Å². The second-order valence-corrected chi connectivity index (χ2v) is 5.06. The monoisotopic (exact) mass is 302 g/mol. The highest BCUT2D eigenvalue weighted by atomic mass is 16.3. The fourth-order valence-electron chi connectivity index (χ4n) is 1.98. The standard InChI is InChI=1S/2C9H13NO/c2*1-3-10-9-6-8(11)5-4-7(9)2/h2*4-6,10-11H,3H2,1-2H3. The van der Waals surface area contributed by atoms with Crippen LogP contribution in [0.3, 0.4) is 0 Å². The molecule has 0 aliphatic carbocycles. The molecule has 0 atom stereocenters. The van der Waals surface area contributed by atoms with Crippen LogP contribution in [0.25, 0.3) is 0 Å². The molecule has 0 amide bonds. The van der Waals surface area contributed by atoms with Crippen molar-refractivity contribution < 1.29 is 10.2 Å². The van der Waals surface area contributed by atoms with Gasteiger partial charge in [0.15, 0.2) is 0 Å². The number of nitrogens with one attached hydrogen (secondary N) is 2. The summed E-state index contributed by atoms with van der Waals surface area (Å²) in [5, 5.41) is 24.6. The normalized spacial score (nSPS) is 9.64. The Hall–Kier alpha value is -2.36. The van der Waals surface area contributed by atoms with Crippen molar-refractivity contribution in [2.75, 3.05) is 23.7 Å². The van der Waals surface area contributed by atoms with E-state index in [1.165, 1.54) is 0 Å². The van der Waals surface area contributed by atoms with E-state index >= 15 is 0 Å². The summed E-state index contributed by atoms with van der Waals surface area (Å²) in [6, 6.07) is 10.6. The Morgan fingerprint density at radius 3 is 1.41 bits per heavy atom. The smallest absolute Gasteiger partial charge is 0.117 e. The van der Waals surface area contributed by atoms with Crippen molar-refractivity contribution in [1.29, 1.82) is 0 Å². The van der Waals surface area contributed by atoms with Crippen LogP contribution in [-0.4, -0.2) is 23.3 Å². The fraction of sp³-hybridized carbons (Fsp3) is 0.333. The summed E-state index contributed by atoms with van der Waals surface area (Å²) in [5.41, 5.74) is 4.33. The maximum Gasteiger partial charge on any atom is 0.117 e. The summed E-state index contributed by atoms with van der Waals surface area (Å²) in [4.78, 5) is 0. The van der Waals surface area contributed by atoms with Gasteiger partial charge < -0.3 is 20.8 Å². The molecular formula is C18H26N2O2. The minimum absolute atomic E-state index is 0.312. The number of aryl methyl sites for hydroxylation is 2. The molecule has 4 nitrogen and oxygen atoms in total. The Kier molecular flexibility index (Phi) is 7.09. The van der Waals surface area contributed by atoms with Crippen molar-refractivity contribution in [1.82, 2.24) is 0 Å². The molecular weight excluding hydrogens is 276 g/mol. The first-order valence-corrected chi connectivity index (χ1v) is 7.54. The Balaban J connectivity index is 0.000000220. The number of anilines is 2. The molecule has 0 aliphatic rings. The lowest BCUT2D eigenvalue weighted by Crippen LogP contribution is -1.97. The lowest BCUT2D eigenvalue weighted by atomic mass is 10.2. The van der Waals surface area contributed by atoms with Crippen LogP contribution in [0.2, 0.25) is 0 Å². The number of hydrogen-bond acceptors (Lipinski definition) is 4. The highest BCUT2D eigenvalue weighted by Crippen LogP contribution is 2.20. The number of phenolic OH excluding ortho intramolecular Hbond substituents is 2. The third-order valence-corrected chi connectivity index (χ3v) is 3.18. The minimum Gasteiger partial charge on any atom is -0.508 e. The van der Waals surface area contributed by atoms with E-state index in [1.807, 2.05) is 39.8 Å². The van der Waals surface area contributed by atoms with Crippen LogP contribution in [0.4, 0.5) is 11.4 Å². The fourth-order valence-corrected chi connectivity index (χ4v) is 1.98. The van der Waals surface area contributed by atoms with Crippen LogP contribution in [0, 0.1) is 13.8 Å². The third-order valence-electron chi connectivity index (χ3n) is 3.18. The Morgan fingerprint density at radius 2 is 1.09 bits per heavy atom. The van der Waals surface area contributed by atoms with E-state index in [4.69, 9.17) is 10.2 Å². The first kappa shape index (κ1) is 17.7. The number of aromatic hydroxyl groups is 2. The van der Waals surface area contributed by atoms with Crippen LogP contribution in [0.5, 0.6) is 11.5 Å². The van der Waals surface area contributed by atoms with Crippen molar-refractivity contribution in [3.8, 4) is 11.5 Å². The second-order valence-electron chi connectivity index (χ2n) is 5.06. The zero-order valence-electron chi connectivity index (χ0n) is 13.8. The van der Waals surface area contributed by atoms with E-state index in [0.717, 1.165) is 35.6 Å². The van der Waals surface area contributed by atoms with Crippen molar-refractivity contribution in [2.45, 2.75) is 27.7 Å². The van der Waals surface area contributed by atoms with Gasteiger partial charge in [-0.1, -0.05) is 12.1 Å². The highest BCUT2D eigenvalue weighted by molar-refractivity contribution is 5.54. The van der Waals surface area contributed by atoms with E-state index in [9.17, 15) is 0 Å². The van der Waals surface area contributed by atoms with E-state index in [0.29, 0.717) is 11.5 Å². The molecule has 22 heavy (non-hydrogen) atoms. The molecule has 0 fully saturated rings. The molecule has 0 aliphatic heterocycles. The van der Waals surface area contributed by atoms with Crippen molar-refractivity contribution >= 4 is 11.4 Å². The van der Waals surface area contributed by atoms with Gasteiger partial charge in [-0.05, 0) is 51.0 Å². The number of phenols is 2. The number of rotatable bonds is 4. The van der Waals surface area contributed by atoms with Gasteiger partial charge in [0.2, 0.25) is 0 Å². The maximum atomic E-state index is 9.12. The van der Waals surface area contributed by atoms with Gasteiger partial charge in [-0.2, -0.15) is 0 Å². The van der Waals surface area contributed by atoms with Crippen molar-refractivity contribution in [3.63, 3.8) is 0 Å². The first-order valence-electron chi connectivity index (χ1n) is 7.54. The van der Waals surface area contributed by atoms with Crippen LogP contribution in [0.15, 0.2) is 36.4 Å². The molecule has 0 unspecified atom stereocenters. The molecule has 0 radical (unpaired) electrons. The quantitative estimate of drug-likeness (QED) is 0.681. The van der Waals surface area contributed by atoms with Gasteiger partial charge in [-0.25, -0.2) is 0 Å². The molecule has 0 bridgehead atoms. The molecule has 120 valence electrons. The van der Waals surface area contributed by atoms with Gasteiger partial charge in [0.25, 0.3) is 0 Å². The van der Waals surface area contributed by atoms with E-state index < -0.39 is 0 Å². The third kappa shape index (κ3) is 5.56. The molecule has 2 aromatic rings. The van der Waals surface area contributed by atoms with Crippen molar-refractivity contribution in [3.05, 3.63) is 47.5 Å². The topological polar surface area (TPSA) is 64.5 Å². The van der Waals surface area contributed by atoms with Gasteiger partial charge in [0, 0.05) is 36.6 Å². The van der Waals surface area contributed by atoms with Crippen molar-refractivity contribution in [2.24, 2.45) is 0 Å². The van der Waals surface area contributed by atoms with Crippen LogP contribution in [-0.2, 0) is 0 Å². The molecule has 0 saturated carbocycles. The molecule has 4 heteroatoms. The summed E-state index contributed by atoms with van der Waals surface area (Å²) in [5.74, 6) is 0.623. The lowest BCUT2D eigenvalue weighted by Gasteiger charge is -2.06. The highest BCUT2D eigenvalue weighted by Gasteiger charge is 1.97. The lowest BCUT2D eigenvalue weighted by molar-refractivity contribution is 0.475. The summed E-state index contributed by atoms with van der Waals surface area (Å²) in [7, 11) is 0. The zero-order valence-corrected chi connectivity index (χ0v) is 13.8. The zero-order chi connectivity index (χ0) is 16.5. The Morgan fingerprint density at radius 1 is 0.727 bits per heavy atom. The average molecular weight is 302 g/mol. The second kappa shape index (κ2) is 8.82. The predicted octanol–water partition coefficient (Wildman–Crippen LogP) is 4.26. The molecule has 0 spiro atoms. The molecule has 0 saturated heterocycles. The van der Waals surface area contributed by atoms with Crippen LogP contribution >= 0.6 is 0 Å². The van der Waals surface area contributed by atoms with Gasteiger partial charge in [-0.15, -0.1) is 0 Å². The van der Waals surface area contributed by atoms with Gasteiger partial charge in [-0.3, -0.25) is 0 Å². The Bertz CT molecular complexity index is 544. The van der Waals surface area contributed by atoms with Crippen LogP contribution in [0.1, 0.15) is 25.0 Å². The van der Waals surface area contributed by atoms with E-state index in [2.05, 4.69) is 10.6 Å². The summed E-state index contributed by atoms with van der Waals surface area (Å²) < 4.78 is 0. The Labute approximate surface area is 132 Å². The van der Waals surface area contributed by atoms with Gasteiger partial charge in [0.05, 0.1) is 0 Å². The molecule has 2 aromatic carbocycles. The SMILES string of the molecule is CCNc1cc(O)ccc1C.CCNc1cc(O)ccc1C. The molecule has 0 aromatic heterocycles. The van der Waals surface area contributed by atoms with Gasteiger partial charge >= 0.3 is 0 Å². The van der Waals surface area contributed by atoms with Crippen LogP contribution < -0.4 is 10.6 Å². The molecule has 2 rings (SSSR count). The van der Waals surface area contributed by atoms with E-state index in [1.54, 1.807) is 24.3 Å². The molecule has 4 N–H and O–H groups in total. The maximum absolute atomic E-state index is 9.12. The summed E-state index contributed by atoms with van der Waals surface area (Å²) in [6.45, 7) is 9.84. The minimum atomic E-state index is 0.312. The predicted molar refractivity (Wildman–Crippen MR) is 94.0 cm³/mol. The number of hydrogen-bond donors (Lipinski definition) is 4. The largest absolute Gasteiger partial charge is 0.508 e. The summed E-state index contributed by atoms with van der Waals surface area (Å²) in [6.07, 6.45) is 0. The van der Waals surface area contributed by atoms with Gasteiger partial charge in [0.1, 0.15) is 11.5 Å².